The van der Waals surface area contributed by atoms with Gasteiger partial charge in [0.05, 0.1) is 5.92 Å². The molecule has 0 saturated carbocycles. The smallest absolute Gasteiger partial charge is 0.306 e. The number of hydrogen-bond donors (Lipinski definition) is 2. The van der Waals surface area contributed by atoms with Crippen LogP contribution in [0.4, 0.5) is 0 Å². The monoisotopic (exact) mass is 465 g/mol. The summed E-state index contributed by atoms with van der Waals surface area (Å²) in [5.74, 6) is 0.817. The molecule has 30 heavy (non-hydrogen) atoms. The first kappa shape index (κ1) is 36.4. The number of hydrogen-bond acceptors (Lipinski definition) is 3. The number of nitrogens with one attached hydrogen (secondary N) is 1. The third-order valence-corrected chi connectivity index (χ3v) is 4.59. The molecular formula is C24H48ClNO3S. The lowest BCUT2D eigenvalue weighted by molar-refractivity contribution is -0.142. The van der Waals surface area contributed by atoms with Crippen LogP contribution in [0.15, 0.2) is 23.8 Å². The Morgan fingerprint density at radius 3 is 2.10 bits per heavy atom. The Morgan fingerprint density at radius 2 is 1.73 bits per heavy atom. The van der Waals surface area contributed by atoms with E-state index in [1.807, 2.05) is 24.8 Å². The highest BCUT2D eigenvalue weighted by Gasteiger charge is 2.13. The van der Waals surface area contributed by atoms with Crippen LogP contribution in [0.3, 0.4) is 0 Å². The number of carbonyl (C=O) groups excluding carboxylic acids is 1. The van der Waals surface area contributed by atoms with Crippen LogP contribution >= 0.6 is 23.4 Å². The molecular weight excluding hydrogens is 418 g/mol. The summed E-state index contributed by atoms with van der Waals surface area (Å²) in [6, 6.07) is 0. The average molecular weight is 466 g/mol. The van der Waals surface area contributed by atoms with Crippen molar-refractivity contribution in [3.8, 4) is 0 Å². The van der Waals surface area contributed by atoms with E-state index in [1.54, 1.807) is 0 Å². The maximum absolute atomic E-state index is 10.4. The summed E-state index contributed by atoms with van der Waals surface area (Å²) in [4.78, 5) is 20.2. The van der Waals surface area contributed by atoms with E-state index in [2.05, 4.69) is 58.8 Å². The summed E-state index contributed by atoms with van der Waals surface area (Å²) < 4.78 is 0. The second-order valence-electron chi connectivity index (χ2n) is 6.99. The zero-order valence-electron chi connectivity index (χ0n) is 20.5. The predicted molar refractivity (Wildman–Crippen MR) is 138 cm³/mol. The molecule has 2 atom stereocenters. The summed E-state index contributed by atoms with van der Waals surface area (Å²) in [6.45, 7) is 16.7. The number of amides is 1. The summed E-state index contributed by atoms with van der Waals surface area (Å²) >= 11 is 7.90. The first-order chi connectivity index (χ1) is 14.2. The molecule has 2 N–H and O–H groups in total. The number of allylic oxidation sites excluding steroid dienone is 3. The maximum atomic E-state index is 10.4. The minimum Gasteiger partial charge on any atom is -0.481 e. The maximum Gasteiger partial charge on any atom is 0.306 e. The van der Waals surface area contributed by atoms with Crippen LogP contribution in [0.5, 0.6) is 0 Å². The number of carboxylic acids is 1. The Kier molecular flexibility index (Phi) is 39.7. The van der Waals surface area contributed by atoms with Gasteiger partial charge in [-0.3, -0.25) is 9.59 Å². The number of carboxylic acid groups (broad SMARTS) is 1. The highest BCUT2D eigenvalue weighted by atomic mass is 35.5. The summed E-state index contributed by atoms with van der Waals surface area (Å²) in [6.07, 6.45) is 13.4. The molecule has 0 spiro atoms. The third-order valence-electron chi connectivity index (χ3n) is 3.34. The Hall–Kier alpha value is -0.940. The Balaban J connectivity index is -0.000000179. The van der Waals surface area contributed by atoms with Gasteiger partial charge in [-0.05, 0) is 50.0 Å². The van der Waals surface area contributed by atoms with Gasteiger partial charge in [-0.2, -0.15) is 11.8 Å². The fraction of sp³-hybridized carbons (Fsp3) is 0.750. The van der Waals surface area contributed by atoms with E-state index < -0.39 is 5.97 Å². The van der Waals surface area contributed by atoms with Crippen LogP contribution in [0, 0.1) is 11.8 Å². The number of halogens is 1. The number of carbonyl (C=O) groups is 2. The van der Waals surface area contributed by atoms with E-state index in [1.165, 1.54) is 18.6 Å². The van der Waals surface area contributed by atoms with E-state index in [4.69, 9.17) is 16.7 Å². The van der Waals surface area contributed by atoms with E-state index >= 15 is 0 Å². The Bertz CT molecular complexity index is 402. The lowest BCUT2D eigenvalue weighted by Crippen LogP contribution is -2.20. The molecule has 0 fully saturated rings. The average Bonchev–Trinajstić information content (AvgIpc) is 2.70. The fourth-order valence-corrected chi connectivity index (χ4v) is 2.75. The number of rotatable bonds is 13. The highest BCUT2D eigenvalue weighted by molar-refractivity contribution is 7.98. The minimum atomic E-state index is -0.791. The first-order valence-electron chi connectivity index (χ1n) is 11.1. The van der Waals surface area contributed by atoms with Crippen molar-refractivity contribution in [3.05, 3.63) is 23.8 Å². The highest BCUT2D eigenvalue weighted by Crippen LogP contribution is 2.16. The lowest BCUT2D eigenvalue weighted by atomic mass is 10.0. The summed E-state index contributed by atoms with van der Waals surface area (Å²) in [7, 11) is 0. The van der Waals surface area contributed by atoms with E-state index in [-0.39, 0.29) is 5.92 Å². The van der Waals surface area contributed by atoms with Crippen molar-refractivity contribution in [3.63, 3.8) is 0 Å². The van der Waals surface area contributed by atoms with Gasteiger partial charge >= 0.3 is 5.97 Å². The second kappa shape index (κ2) is 32.7. The molecule has 0 aliphatic heterocycles. The minimum absolute atomic E-state index is 0.331. The molecule has 0 aromatic heterocycles. The van der Waals surface area contributed by atoms with Crippen LogP contribution in [-0.4, -0.2) is 36.0 Å². The topological polar surface area (TPSA) is 66.4 Å². The lowest BCUT2D eigenvalue weighted by Gasteiger charge is -2.07. The van der Waals surface area contributed by atoms with Gasteiger partial charge in [-0.1, -0.05) is 78.1 Å². The SMILES string of the molecule is C=CCC/C(Cl)=C/CC(C)CSC.CCC.CCC.CCC(CCNC=O)C(=O)O. The predicted octanol–water partition coefficient (Wildman–Crippen LogP) is 7.53. The molecule has 0 aromatic rings. The molecule has 0 heterocycles. The molecule has 0 aromatic carbocycles. The van der Waals surface area contributed by atoms with Gasteiger partial charge < -0.3 is 10.4 Å². The molecule has 2 unspecified atom stereocenters. The molecule has 0 saturated heterocycles. The van der Waals surface area contributed by atoms with Crippen molar-refractivity contribution in [1.29, 1.82) is 0 Å². The van der Waals surface area contributed by atoms with Crippen LogP contribution in [-0.2, 0) is 9.59 Å². The second-order valence-corrected chi connectivity index (χ2v) is 8.39. The van der Waals surface area contributed by atoms with Crippen LogP contribution < -0.4 is 5.32 Å². The van der Waals surface area contributed by atoms with Crippen molar-refractivity contribution in [2.75, 3.05) is 18.6 Å². The van der Waals surface area contributed by atoms with Gasteiger partial charge in [-0.25, -0.2) is 0 Å². The van der Waals surface area contributed by atoms with Crippen LogP contribution in [0.25, 0.3) is 0 Å². The third kappa shape index (κ3) is 37.8. The molecule has 4 nitrogen and oxygen atoms in total. The van der Waals surface area contributed by atoms with Gasteiger partial charge in [0.1, 0.15) is 0 Å². The first-order valence-corrected chi connectivity index (χ1v) is 12.9. The summed E-state index contributed by atoms with van der Waals surface area (Å²) in [5, 5.41) is 12.0. The summed E-state index contributed by atoms with van der Waals surface area (Å²) in [5.41, 5.74) is 0. The van der Waals surface area contributed by atoms with Gasteiger partial charge in [0.25, 0.3) is 0 Å². The van der Waals surface area contributed by atoms with Crippen molar-refractivity contribution < 1.29 is 14.7 Å². The van der Waals surface area contributed by atoms with Crippen LogP contribution in [0.2, 0.25) is 0 Å². The van der Waals surface area contributed by atoms with Crippen molar-refractivity contribution in [1.82, 2.24) is 5.32 Å². The molecule has 180 valence electrons. The normalized spacial score (nSPS) is 11.8. The number of aliphatic carboxylic acids is 1. The van der Waals surface area contributed by atoms with Crippen molar-refractivity contribution in [2.24, 2.45) is 11.8 Å². The van der Waals surface area contributed by atoms with Gasteiger partial charge in [0.2, 0.25) is 6.41 Å². The van der Waals surface area contributed by atoms with Gasteiger partial charge in [-0.15, -0.1) is 6.58 Å². The zero-order valence-corrected chi connectivity index (χ0v) is 22.1. The van der Waals surface area contributed by atoms with Gasteiger partial charge in [0, 0.05) is 11.6 Å². The quantitative estimate of drug-likeness (QED) is 0.167. The fourth-order valence-electron chi connectivity index (χ4n) is 1.84. The Labute approximate surface area is 196 Å². The van der Waals surface area contributed by atoms with E-state index in [9.17, 15) is 9.59 Å². The molecule has 1 amide bonds. The molecule has 0 radical (unpaired) electrons. The number of thioether (sulfide) groups is 1. The molecule has 6 heteroatoms. The molecule has 0 aliphatic carbocycles. The zero-order chi connectivity index (χ0) is 24.2. The molecule has 0 bridgehead atoms. The standard InChI is InChI=1S/C11H19ClS.C7H13NO3.2C3H8/c1-4-5-6-11(12)8-7-10(2)9-13-3;1-2-6(7(10)11)3-4-8-5-9;2*1-3-2/h4,8,10H,1,5-7,9H2,2-3H3;5-6H,2-4H2,1H3,(H,8,9)(H,10,11);2*3H2,1-2H3/b11-8-;;;. The van der Waals surface area contributed by atoms with Crippen molar-refractivity contribution >= 4 is 35.7 Å². The van der Waals surface area contributed by atoms with E-state index in [0.29, 0.717) is 25.8 Å². The molecule has 0 rings (SSSR count). The van der Waals surface area contributed by atoms with E-state index in [0.717, 1.165) is 30.2 Å². The van der Waals surface area contributed by atoms with Crippen LogP contribution in [0.1, 0.15) is 86.5 Å². The Morgan fingerprint density at radius 1 is 1.20 bits per heavy atom. The largest absolute Gasteiger partial charge is 0.481 e. The van der Waals surface area contributed by atoms with Gasteiger partial charge in [0.15, 0.2) is 0 Å². The molecule has 0 aliphatic rings. The van der Waals surface area contributed by atoms with Crippen molar-refractivity contribution in [2.45, 2.75) is 86.5 Å².